The maximum absolute atomic E-state index is 5.90. The summed E-state index contributed by atoms with van der Waals surface area (Å²) < 4.78 is 6.98. The molecule has 80 valence electrons. The molecule has 14 heavy (non-hydrogen) atoms. The van der Waals surface area contributed by atoms with Crippen LogP contribution in [0.5, 0.6) is 0 Å². The van der Waals surface area contributed by atoms with E-state index in [4.69, 9.17) is 4.42 Å². The average Bonchev–Trinajstić information content (AvgIpc) is 2.27. The summed E-state index contributed by atoms with van der Waals surface area (Å²) in [4.78, 5) is 0. The Morgan fingerprint density at radius 2 is 1.50 bits per heavy atom. The van der Waals surface area contributed by atoms with Gasteiger partial charge in [-0.05, 0) is 22.0 Å². The van der Waals surface area contributed by atoms with Crippen LogP contribution in [0.4, 0.5) is 0 Å². The quantitative estimate of drug-likeness (QED) is 0.661. The predicted octanol–water partition coefficient (Wildman–Crippen LogP) is 4.64. The van der Waals surface area contributed by atoms with E-state index in [1.165, 1.54) is 0 Å². The van der Waals surface area contributed by atoms with E-state index in [0.717, 1.165) is 16.0 Å². The lowest BCUT2D eigenvalue weighted by Gasteiger charge is -2.18. The SMILES string of the molecule is CC(C)(C)c1cc(Br)c(C(C)(C)C)o1. The van der Waals surface area contributed by atoms with Crippen molar-refractivity contribution < 1.29 is 4.42 Å². The minimum atomic E-state index is 0.0579. The van der Waals surface area contributed by atoms with E-state index in [1.807, 2.05) is 0 Å². The lowest BCUT2D eigenvalue weighted by Crippen LogP contribution is -2.12. The van der Waals surface area contributed by atoms with Crippen molar-refractivity contribution in [1.82, 2.24) is 0 Å². The zero-order valence-electron chi connectivity index (χ0n) is 9.86. The van der Waals surface area contributed by atoms with Crippen LogP contribution < -0.4 is 0 Å². The van der Waals surface area contributed by atoms with Crippen LogP contribution in [-0.4, -0.2) is 0 Å². The Morgan fingerprint density at radius 1 is 1.00 bits per heavy atom. The summed E-state index contributed by atoms with van der Waals surface area (Å²) >= 11 is 3.55. The van der Waals surface area contributed by atoms with Gasteiger partial charge in [-0.2, -0.15) is 0 Å². The highest BCUT2D eigenvalue weighted by Crippen LogP contribution is 2.36. The topological polar surface area (TPSA) is 13.1 Å². The fourth-order valence-electron chi connectivity index (χ4n) is 1.25. The summed E-state index contributed by atoms with van der Waals surface area (Å²) in [6.45, 7) is 12.9. The highest BCUT2D eigenvalue weighted by molar-refractivity contribution is 9.10. The summed E-state index contributed by atoms with van der Waals surface area (Å²) in [5, 5.41) is 0. The van der Waals surface area contributed by atoms with Gasteiger partial charge in [-0.25, -0.2) is 0 Å². The summed E-state index contributed by atoms with van der Waals surface area (Å²) in [5.74, 6) is 2.07. The third kappa shape index (κ3) is 2.41. The number of halogens is 1. The van der Waals surface area contributed by atoms with Gasteiger partial charge in [0.25, 0.3) is 0 Å². The molecular formula is C12H19BrO. The van der Waals surface area contributed by atoms with Crippen LogP contribution in [-0.2, 0) is 10.8 Å². The fourth-order valence-corrected chi connectivity index (χ4v) is 2.13. The molecule has 0 aromatic carbocycles. The van der Waals surface area contributed by atoms with Gasteiger partial charge in [0.15, 0.2) is 0 Å². The second-order valence-corrected chi connectivity index (χ2v) is 6.64. The zero-order valence-corrected chi connectivity index (χ0v) is 11.4. The Morgan fingerprint density at radius 3 is 1.71 bits per heavy atom. The van der Waals surface area contributed by atoms with Gasteiger partial charge in [0.05, 0.1) is 4.47 Å². The molecule has 1 nitrogen and oxygen atoms in total. The Balaban J connectivity index is 3.19. The molecule has 0 aliphatic carbocycles. The lowest BCUT2D eigenvalue weighted by atomic mass is 9.93. The molecule has 0 spiro atoms. The van der Waals surface area contributed by atoms with Gasteiger partial charge in [0.1, 0.15) is 11.5 Å². The first-order chi connectivity index (χ1) is 6.12. The van der Waals surface area contributed by atoms with Crippen LogP contribution in [0.2, 0.25) is 0 Å². The molecule has 0 fully saturated rings. The van der Waals surface area contributed by atoms with Gasteiger partial charge in [0, 0.05) is 10.8 Å². The van der Waals surface area contributed by atoms with E-state index in [-0.39, 0.29) is 10.8 Å². The monoisotopic (exact) mass is 258 g/mol. The second kappa shape index (κ2) is 3.41. The van der Waals surface area contributed by atoms with E-state index in [0.29, 0.717) is 0 Å². The van der Waals surface area contributed by atoms with Crippen molar-refractivity contribution in [2.24, 2.45) is 0 Å². The third-order valence-electron chi connectivity index (χ3n) is 2.11. The number of hydrogen-bond acceptors (Lipinski definition) is 1. The second-order valence-electron chi connectivity index (χ2n) is 5.79. The summed E-state index contributed by atoms with van der Waals surface area (Å²) in [7, 11) is 0. The summed E-state index contributed by atoms with van der Waals surface area (Å²) in [6.07, 6.45) is 0. The van der Waals surface area contributed by atoms with Crippen molar-refractivity contribution in [1.29, 1.82) is 0 Å². The molecule has 0 amide bonds. The molecule has 1 heterocycles. The molecule has 0 saturated carbocycles. The Labute approximate surface area is 95.0 Å². The smallest absolute Gasteiger partial charge is 0.123 e. The minimum Gasteiger partial charge on any atom is -0.464 e. The highest BCUT2D eigenvalue weighted by atomic mass is 79.9. The van der Waals surface area contributed by atoms with E-state index < -0.39 is 0 Å². The largest absolute Gasteiger partial charge is 0.464 e. The first kappa shape index (κ1) is 11.8. The first-order valence-electron chi connectivity index (χ1n) is 4.92. The molecule has 0 radical (unpaired) electrons. The Hall–Kier alpha value is -0.240. The van der Waals surface area contributed by atoms with Gasteiger partial charge in [-0.15, -0.1) is 0 Å². The summed E-state index contributed by atoms with van der Waals surface area (Å²) in [6, 6.07) is 2.08. The van der Waals surface area contributed by atoms with Gasteiger partial charge in [-0.3, -0.25) is 0 Å². The zero-order chi connectivity index (χ0) is 11.1. The molecule has 0 aliphatic rings. The van der Waals surface area contributed by atoms with Crippen molar-refractivity contribution in [2.45, 2.75) is 52.4 Å². The van der Waals surface area contributed by atoms with Crippen LogP contribution in [0.3, 0.4) is 0 Å². The van der Waals surface area contributed by atoms with Gasteiger partial charge < -0.3 is 4.42 Å². The maximum atomic E-state index is 5.90. The molecule has 0 unspecified atom stereocenters. The summed E-state index contributed by atoms with van der Waals surface area (Å²) in [5.41, 5.74) is 0.133. The van der Waals surface area contributed by atoms with E-state index in [9.17, 15) is 0 Å². The molecule has 1 rings (SSSR count). The Bertz CT molecular complexity index is 323. The van der Waals surface area contributed by atoms with Gasteiger partial charge in [0.2, 0.25) is 0 Å². The van der Waals surface area contributed by atoms with Crippen LogP contribution in [0.15, 0.2) is 15.0 Å². The molecule has 1 aromatic rings. The normalized spacial score (nSPS) is 13.4. The molecule has 2 heteroatoms. The Kier molecular flexibility index (Phi) is 2.88. The lowest BCUT2D eigenvalue weighted by molar-refractivity contribution is 0.342. The standard InChI is InChI=1S/C12H19BrO/c1-11(2,3)9-7-8(13)10(14-9)12(4,5)6/h7H,1-6H3. The number of rotatable bonds is 0. The highest BCUT2D eigenvalue weighted by Gasteiger charge is 2.26. The molecule has 0 bridgehead atoms. The first-order valence-corrected chi connectivity index (χ1v) is 5.72. The van der Waals surface area contributed by atoms with Crippen LogP contribution in [0, 0.1) is 0 Å². The predicted molar refractivity (Wildman–Crippen MR) is 63.8 cm³/mol. The molecular weight excluding hydrogens is 240 g/mol. The van der Waals surface area contributed by atoms with Crippen molar-refractivity contribution in [2.75, 3.05) is 0 Å². The van der Waals surface area contributed by atoms with Crippen molar-refractivity contribution in [3.8, 4) is 0 Å². The van der Waals surface area contributed by atoms with Crippen molar-refractivity contribution in [3.63, 3.8) is 0 Å². The average molecular weight is 259 g/mol. The van der Waals surface area contributed by atoms with Crippen LogP contribution in [0.25, 0.3) is 0 Å². The number of hydrogen-bond donors (Lipinski definition) is 0. The maximum Gasteiger partial charge on any atom is 0.123 e. The van der Waals surface area contributed by atoms with Gasteiger partial charge in [-0.1, -0.05) is 41.5 Å². The van der Waals surface area contributed by atoms with E-state index in [2.05, 4.69) is 63.5 Å². The van der Waals surface area contributed by atoms with Crippen LogP contribution in [0.1, 0.15) is 53.1 Å². The molecule has 0 N–H and O–H groups in total. The molecule has 0 saturated heterocycles. The third-order valence-corrected chi connectivity index (χ3v) is 2.70. The van der Waals surface area contributed by atoms with Crippen LogP contribution >= 0.6 is 15.9 Å². The molecule has 0 atom stereocenters. The van der Waals surface area contributed by atoms with Gasteiger partial charge >= 0.3 is 0 Å². The molecule has 0 aliphatic heterocycles. The van der Waals surface area contributed by atoms with E-state index in [1.54, 1.807) is 0 Å². The number of furan rings is 1. The van der Waals surface area contributed by atoms with E-state index >= 15 is 0 Å². The van der Waals surface area contributed by atoms with Crippen molar-refractivity contribution in [3.05, 3.63) is 22.1 Å². The fraction of sp³-hybridized carbons (Fsp3) is 0.667. The minimum absolute atomic E-state index is 0.0579. The molecule has 1 aromatic heterocycles. The van der Waals surface area contributed by atoms with Crippen molar-refractivity contribution >= 4 is 15.9 Å².